The van der Waals surface area contributed by atoms with Crippen LogP contribution in [0.5, 0.6) is 0 Å². The number of aliphatic hydroxyl groups is 1. The molecule has 1 aromatic heterocycles. The van der Waals surface area contributed by atoms with Gasteiger partial charge in [0.25, 0.3) is 0 Å². The summed E-state index contributed by atoms with van der Waals surface area (Å²) < 4.78 is 0. The Hall–Kier alpha value is -2.36. The third-order valence-corrected chi connectivity index (χ3v) is 4.61. The van der Waals surface area contributed by atoms with E-state index in [1.165, 1.54) is 4.90 Å². The number of rotatable bonds is 4. The molecule has 0 atom stereocenters. The minimum Gasteiger partial charge on any atom is -0.506 e. The van der Waals surface area contributed by atoms with Crippen LogP contribution in [0.3, 0.4) is 0 Å². The molecule has 0 aliphatic carbocycles. The van der Waals surface area contributed by atoms with Crippen molar-refractivity contribution in [1.82, 2.24) is 9.97 Å². The maximum atomic E-state index is 10.4. The zero-order chi connectivity index (χ0) is 16.2. The van der Waals surface area contributed by atoms with Gasteiger partial charge >= 0.3 is 0 Å². The Labute approximate surface area is 135 Å². The molecular weight excluding hydrogens is 290 g/mol. The first-order chi connectivity index (χ1) is 11.2. The number of imidazole rings is 1. The number of aromatic nitrogens is 2. The lowest BCUT2D eigenvalue weighted by atomic mass is 10.2. The van der Waals surface area contributed by atoms with E-state index in [1.54, 1.807) is 4.90 Å². The zero-order valence-corrected chi connectivity index (χ0v) is 13.4. The Balaban J connectivity index is 1.78. The molecule has 1 aliphatic heterocycles. The normalized spacial score (nSPS) is 22.6. The molecule has 2 aromatic rings. The van der Waals surface area contributed by atoms with Crippen LogP contribution in [-0.4, -0.2) is 54.3 Å². The zero-order valence-electron chi connectivity index (χ0n) is 13.4. The minimum atomic E-state index is 0.126. The maximum Gasteiger partial charge on any atom is 0.169 e. The Morgan fingerprint density at radius 2 is 1.96 bits per heavy atom. The number of hydrogen-bond donors (Lipinski definition) is 4. The summed E-state index contributed by atoms with van der Waals surface area (Å²) in [5, 5.41) is 19.9. The number of para-hydroxylation sites is 2. The molecule has 1 aromatic carbocycles. The lowest BCUT2D eigenvalue weighted by molar-refractivity contribution is -1.01. The first-order valence-electron chi connectivity index (χ1n) is 8.15. The van der Waals surface area contributed by atoms with Gasteiger partial charge in [-0.15, -0.1) is 0 Å². The second-order valence-electron chi connectivity index (χ2n) is 6.07. The van der Waals surface area contributed by atoms with Crippen molar-refractivity contribution in [2.24, 2.45) is 0 Å². The molecule has 0 bridgehead atoms. The van der Waals surface area contributed by atoms with Crippen molar-refractivity contribution < 1.29 is 14.9 Å². The molecule has 1 saturated heterocycles. The van der Waals surface area contributed by atoms with Gasteiger partial charge in [-0.1, -0.05) is 12.1 Å². The third kappa shape index (κ3) is 3.36. The van der Waals surface area contributed by atoms with Crippen LogP contribution < -0.4 is 9.80 Å². The van der Waals surface area contributed by atoms with Gasteiger partial charge in [-0.05, 0) is 19.1 Å². The Kier molecular flexibility index (Phi) is 4.60. The number of piperazine rings is 1. The number of likely N-dealkylation sites (N-methyl/N-ethyl adjacent to an activating group) is 1. The summed E-state index contributed by atoms with van der Waals surface area (Å²) in [5.41, 5.74) is 1.92. The molecule has 0 amide bonds. The molecule has 0 spiro atoms. The monoisotopic (exact) mass is 313 g/mol. The van der Waals surface area contributed by atoms with Crippen molar-refractivity contribution in [3.8, 4) is 6.07 Å². The van der Waals surface area contributed by atoms with E-state index in [9.17, 15) is 10.4 Å². The fraction of sp³-hybridized carbons (Fsp3) is 0.412. The van der Waals surface area contributed by atoms with Crippen LogP contribution in [0.25, 0.3) is 16.6 Å². The van der Waals surface area contributed by atoms with Gasteiger partial charge in [0.05, 0.1) is 17.6 Å². The standard InChI is InChI=1S/C17H21N5O/c1-2-21-7-9-22(10-8-21)12-16(23)13(11-18)17-19-14-5-3-4-6-15(14)20-17/h3-6,23H,2,7-10,12H2,1H3,(H,19,20)/p+2/b16-13-. The summed E-state index contributed by atoms with van der Waals surface area (Å²) in [7, 11) is 0. The van der Waals surface area contributed by atoms with E-state index in [4.69, 9.17) is 0 Å². The molecular formula is C17H23N5O+2. The highest BCUT2D eigenvalue weighted by Gasteiger charge is 2.24. The van der Waals surface area contributed by atoms with E-state index >= 15 is 0 Å². The molecule has 6 heteroatoms. The van der Waals surface area contributed by atoms with Crippen LogP contribution in [0.1, 0.15) is 12.7 Å². The number of benzene rings is 1. The van der Waals surface area contributed by atoms with E-state index < -0.39 is 0 Å². The van der Waals surface area contributed by atoms with Crippen LogP contribution >= 0.6 is 0 Å². The van der Waals surface area contributed by atoms with Crippen LogP contribution in [0.15, 0.2) is 30.0 Å². The molecule has 0 unspecified atom stereocenters. The number of nitrogens with one attached hydrogen (secondary N) is 3. The number of nitriles is 1. The number of quaternary nitrogens is 2. The Bertz CT molecular complexity index is 717. The highest BCUT2D eigenvalue weighted by Crippen LogP contribution is 2.17. The van der Waals surface area contributed by atoms with Crippen molar-refractivity contribution in [3.05, 3.63) is 35.8 Å². The minimum absolute atomic E-state index is 0.126. The summed E-state index contributed by atoms with van der Waals surface area (Å²) >= 11 is 0. The van der Waals surface area contributed by atoms with Gasteiger partial charge in [0, 0.05) is 0 Å². The third-order valence-electron chi connectivity index (χ3n) is 4.61. The molecule has 120 valence electrons. The summed E-state index contributed by atoms with van der Waals surface area (Å²) in [4.78, 5) is 10.5. The van der Waals surface area contributed by atoms with Gasteiger partial charge in [0.1, 0.15) is 44.4 Å². The van der Waals surface area contributed by atoms with Gasteiger partial charge in [0.2, 0.25) is 0 Å². The predicted octanol–water partition coefficient (Wildman–Crippen LogP) is -0.841. The highest BCUT2D eigenvalue weighted by atomic mass is 16.3. The van der Waals surface area contributed by atoms with E-state index in [0.29, 0.717) is 12.4 Å². The number of aromatic amines is 1. The van der Waals surface area contributed by atoms with Crippen molar-refractivity contribution in [3.63, 3.8) is 0 Å². The number of aliphatic hydroxyl groups excluding tert-OH is 1. The van der Waals surface area contributed by atoms with Crippen LogP contribution in [0.4, 0.5) is 0 Å². The topological polar surface area (TPSA) is 81.6 Å². The lowest BCUT2D eigenvalue weighted by Crippen LogP contribution is -3.28. The van der Waals surface area contributed by atoms with Crippen molar-refractivity contribution in [2.75, 3.05) is 39.3 Å². The average molecular weight is 313 g/mol. The number of hydrogen-bond acceptors (Lipinski definition) is 3. The molecule has 4 N–H and O–H groups in total. The van der Waals surface area contributed by atoms with Gasteiger partial charge < -0.3 is 19.9 Å². The number of nitrogens with zero attached hydrogens (tertiary/aromatic N) is 2. The first-order valence-corrected chi connectivity index (χ1v) is 8.15. The largest absolute Gasteiger partial charge is 0.506 e. The van der Waals surface area contributed by atoms with Gasteiger partial charge in [-0.2, -0.15) is 5.26 Å². The van der Waals surface area contributed by atoms with Crippen LogP contribution in [-0.2, 0) is 0 Å². The van der Waals surface area contributed by atoms with Gasteiger partial charge in [-0.3, -0.25) is 0 Å². The summed E-state index contributed by atoms with van der Waals surface area (Å²) in [6.07, 6.45) is 0. The van der Waals surface area contributed by atoms with E-state index in [2.05, 4.69) is 23.0 Å². The van der Waals surface area contributed by atoms with Crippen molar-refractivity contribution >= 4 is 16.6 Å². The number of H-pyrrole nitrogens is 1. The smallest absolute Gasteiger partial charge is 0.169 e. The summed E-state index contributed by atoms with van der Waals surface area (Å²) in [5.74, 6) is 0.574. The Morgan fingerprint density at radius 3 is 2.61 bits per heavy atom. The highest BCUT2D eigenvalue weighted by molar-refractivity contribution is 5.82. The van der Waals surface area contributed by atoms with E-state index in [1.807, 2.05) is 24.3 Å². The van der Waals surface area contributed by atoms with Gasteiger partial charge in [-0.25, -0.2) is 4.98 Å². The van der Waals surface area contributed by atoms with E-state index in [-0.39, 0.29) is 11.3 Å². The number of fused-ring (bicyclic) bond motifs is 1. The molecule has 1 aliphatic rings. The summed E-state index contributed by atoms with van der Waals surface area (Å²) in [6.45, 7) is 8.11. The quantitative estimate of drug-likeness (QED) is 0.439. The van der Waals surface area contributed by atoms with Gasteiger partial charge in [0.15, 0.2) is 11.6 Å². The number of allylic oxidation sites excluding steroid dienone is 1. The average Bonchev–Trinajstić information content (AvgIpc) is 2.99. The van der Waals surface area contributed by atoms with Crippen molar-refractivity contribution in [1.29, 1.82) is 5.26 Å². The second kappa shape index (κ2) is 6.82. The molecule has 0 radical (unpaired) electrons. The van der Waals surface area contributed by atoms with Crippen molar-refractivity contribution in [2.45, 2.75) is 6.92 Å². The van der Waals surface area contributed by atoms with Crippen LogP contribution in [0, 0.1) is 11.3 Å². The fourth-order valence-electron chi connectivity index (χ4n) is 3.14. The molecule has 23 heavy (non-hydrogen) atoms. The lowest BCUT2D eigenvalue weighted by Gasteiger charge is -2.28. The SMILES string of the molecule is CC[NH+]1CC[NH+](C/C(O)=C(\C#N)c2nc3ccccc3[nH]2)CC1. The molecule has 6 nitrogen and oxygen atoms in total. The van der Waals surface area contributed by atoms with Crippen LogP contribution in [0.2, 0.25) is 0 Å². The fourth-order valence-corrected chi connectivity index (χ4v) is 3.14. The second-order valence-corrected chi connectivity index (χ2v) is 6.07. The summed E-state index contributed by atoms with van der Waals surface area (Å²) in [6, 6.07) is 9.73. The maximum absolute atomic E-state index is 10.4. The predicted molar refractivity (Wildman–Crippen MR) is 88.1 cm³/mol. The Morgan fingerprint density at radius 1 is 1.26 bits per heavy atom. The molecule has 3 rings (SSSR count). The molecule has 2 heterocycles. The molecule has 1 fully saturated rings. The van der Waals surface area contributed by atoms with E-state index in [0.717, 1.165) is 43.8 Å². The molecule has 0 saturated carbocycles. The first kappa shape index (κ1) is 15.5.